The molecule has 86 valence electrons. The van der Waals surface area contributed by atoms with Crippen LogP contribution in [0, 0.1) is 0 Å². The maximum Gasteiger partial charge on any atom is 0.153 e. The average Bonchev–Trinajstić information content (AvgIpc) is 2.54. The number of rotatable bonds is 5. The van der Waals surface area contributed by atoms with Gasteiger partial charge in [-0.25, -0.2) is 4.68 Å². The van der Waals surface area contributed by atoms with E-state index in [4.69, 9.17) is 10.5 Å². The minimum atomic E-state index is -0.0584. The van der Waals surface area contributed by atoms with Crippen molar-refractivity contribution in [3.63, 3.8) is 0 Å². The zero-order chi connectivity index (χ0) is 11.4. The van der Waals surface area contributed by atoms with Crippen LogP contribution in [-0.2, 0) is 11.8 Å². The van der Waals surface area contributed by atoms with Crippen LogP contribution in [0.25, 0.3) is 0 Å². The number of nitrogens with zero attached hydrogens (tertiary/aromatic N) is 3. The second kappa shape index (κ2) is 5.58. The molecule has 6 heteroatoms. The third-order valence-electron chi connectivity index (χ3n) is 2.46. The summed E-state index contributed by atoms with van der Waals surface area (Å²) < 4.78 is 7.60. The van der Waals surface area contributed by atoms with Crippen LogP contribution in [0.3, 0.4) is 0 Å². The molecular weight excluding hydrogens is 260 g/mol. The van der Waals surface area contributed by atoms with Crippen LogP contribution in [0.1, 0.15) is 31.5 Å². The molecule has 0 bridgehead atoms. The Labute approximate surface area is 98.1 Å². The lowest BCUT2D eigenvalue weighted by molar-refractivity contribution is 0.107. The first kappa shape index (κ1) is 12.6. The first-order valence-electron chi connectivity index (χ1n) is 4.89. The predicted molar refractivity (Wildman–Crippen MR) is 61.3 cm³/mol. The molecule has 0 radical (unpaired) electrons. The molecule has 1 aromatic heterocycles. The van der Waals surface area contributed by atoms with Crippen molar-refractivity contribution in [3.8, 4) is 0 Å². The molecule has 0 aromatic carbocycles. The first-order valence-corrected chi connectivity index (χ1v) is 5.69. The molecule has 0 saturated heterocycles. The maximum absolute atomic E-state index is 6.06. The van der Waals surface area contributed by atoms with Crippen LogP contribution in [-0.4, -0.2) is 28.2 Å². The summed E-state index contributed by atoms with van der Waals surface area (Å²) in [5.74, 6) is 0. The molecule has 0 aliphatic heterocycles. The molecule has 0 aliphatic carbocycles. The quantitative estimate of drug-likeness (QED) is 0.883. The first-order chi connectivity index (χ1) is 7.06. The maximum atomic E-state index is 6.06. The summed E-state index contributed by atoms with van der Waals surface area (Å²) in [5.41, 5.74) is 6.99. The van der Waals surface area contributed by atoms with Crippen molar-refractivity contribution in [2.75, 3.05) is 7.11 Å². The van der Waals surface area contributed by atoms with Crippen LogP contribution < -0.4 is 5.73 Å². The van der Waals surface area contributed by atoms with Crippen molar-refractivity contribution in [1.82, 2.24) is 15.0 Å². The second-order valence-corrected chi connectivity index (χ2v) is 4.37. The molecule has 15 heavy (non-hydrogen) atoms. The van der Waals surface area contributed by atoms with Gasteiger partial charge in [0.05, 0.1) is 11.8 Å². The van der Waals surface area contributed by atoms with E-state index in [9.17, 15) is 0 Å². The Morgan fingerprint density at radius 1 is 1.53 bits per heavy atom. The number of nitrogens with two attached hydrogens (primary N) is 1. The Morgan fingerprint density at radius 2 is 2.20 bits per heavy atom. The Bertz CT molecular complexity index is 296. The molecule has 1 heterocycles. The fraction of sp³-hybridized carbons (Fsp3) is 0.778. The van der Waals surface area contributed by atoms with Gasteiger partial charge in [-0.2, -0.15) is 0 Å². The zero-order valence-electron chi connectivity index (χ0n) is 9.27. The molecule has 0 spiro atoms. The van der Waals surface area contributed by atoms with Crippen LogP contribution in [0.2, 0.25) is 0 Å². The van der Waals surface area contributed by atoms with Crippen molar-refractivity contribution < 1.29 is 4.74 Å². The Hall–Kier alpha value is -0.460. The summed E-state index contributed by atoms with van der Waals surface area (Å²) in [4.78, 5) is 0. The summed E-state index contributed by atoms with van der Waals surface area (Å²) in [6, 6.07) is -0.0584. The lowest BCUT2D eigenvalue weighted by Gasteiger charge is -2.14. The molecule has 2 unspecified atom stereocenters. The number of aromatic nitrogens is 3. The zero-order valence-corrected chi connectivity index (χ0v) is 10.9. The molecular formula is C9H17BrN4O. The molecule has 1 rings (SSSR count). The Balaban J connectivity index is 2.57. The van der Waals surface area contributed by atoms with Gasteiger partial charge >= 0.3 is 0 Å². The van der Waals surface area contributed by atoms with E-state index in [0.29, 0.717) is 0 Å². The second-order valence-electron chi connectivity index (χ2n) is 3.62. The van der Waals surface area contributed by atoms with E-state index in [0.717, 1.165) is 23.1 Å². The van der Waals surface area contributed by atoms with Crippen molar-refractivity contribution in [2.24, 2.45) is 12.8 Å². The number of methoxy groups -OCH3 is 1. The summed E-state index contributed by atoms with van der Waals surface area (Å²) in [6.07, 6.45) is 2.01. The lowest BCUT2D eigenvalue weighted by Crippen LogP contribution is -2.17. The number of hydrogen-bond acceptors (Lipinski definition) is 4. The highest BCUT2D eigenvalue weighted by molar-refractivity contribution is 9.10. The van der Waals surface area contributed by atoms with Crippen LogP contribution in [0.15, 0.2) is 4.60 Å². The third-order valence-corrected chi connectivity index (χ3v) is 3.03. The van der Waals surface area contributed by atoms with Gasteiger partial charge in [0.1, 0.15) is 0 Å². The standard InChI is InChI=1S/C9H17BrN4O/c1-6(15-3)4-5-7(11)8-9(10)12-13-14(8)2/h6-7H,4-5,11H2,1-3H3. The molecule has 0 amide bonds. The largest absolute Gasteiger partial charge is 0.382 e. The Morgan fingerprint density at radius 3 is 2.67 bits per heavy atom. The predicted octanol–water partition coefficient (Wildman–Crippen LogP) is 1.39. The van der Waals surface area contributed by atoms with Crippen molar-refractivity contribution >= 4 is 15.9 Å². The third kappa shape index (κ3) is 3.25. The summed E-state index contributed by atoms with van der Waals surface area (Å²) >= 11 is 3.34. The number of ether oxygens (including phenoxy) is 1. The van der Waals surface area contributed by atoms with Gasteiger partial charge < -0.3 is 10.5 Å². The molecule has 2 atom stereocenters. The summed E-state index contributed by atoms with van der Waals surface area (Å²) in [7, 11) is 3.55. The minimum absolute atomic E-state index is 0.0584. The average molecular weight is 277 g/mol. The van der Waals surface area contributed by atoms with Gasteiger partial charge in [0, 0.05) is 20.2 Å². The highest BCUT2D eigenvalue weighted by atomic mass is 79.9. The highest BCUT2D eigenvalue weighted by Gasteiger charge is 2.16. The molecule has 1 aromatic rings. The van der Waals surface area contributed by atoms with E-state index in [1.54, 1.807) is 11.8 Å². The highest BCUT2D eigenvalue weighted by Crippen LogP contribution is 2.22. The molecule has 0 saturated carbocycles. The fourth-order valence-corrected chi connectivity index (χ4v) is 2.02. The molecule has 5 nitrogen and oxygen atoms in total. The molecule has 2 N–H and O–H groups in total. The number of hydrogen-bond donors (Lipinski definition) is 1. The van der Waals surface area contributed by atoms with Crippen LogP contribution in [0.5, 0.6) is 0 Å². The van der Waals surface area contributed by atoms with Gasteiger partial charge in [0.25, 0.3) is 0 Å². The number of halogens is 1. The Kier molecular flexibility index (Phi) is 4.69. The fourth-order valence-electron chi connectivity index (χ4n) is 1.40. The smallest absolute Gasteiger partial charge is 0.153 e. The van der Waals surface area contributed by atoms with E-state index >= 15 is 0 Å². The molecule has 0 aliphatic rings. The van der Waals surface area contributed by atoms with E-state index in [1.165, 1.54) is 0 Å². The van der Waals surface area contributed by atoms with E-state index in [-0.39, 0.29) is 12.1 Å². The molecule has 0 fully saturated rings. The monoisotopic (exact) mass is 276 g/mol. The van der Waals surface area contributed by atoms with Gasteiger partial charge in [-0.05, 0) is 35.7 Å². The van der Waals surface area contributed by atoms with E-state index in [2.05, 4.69) is 26.2 Å². The summed E-state index contributed by atoms with van der Waals surface area (Å²) in [5, 5.41) is 7.80. The van der Waals surface area contributed by atoms with Crippen LogP contribution >= 0.6 is 15.9 Å². The lowest BCUT2D eigenvalue weighted by atomic mass is 10.1. The van der Waals surface area contributed by atoms with Gasteiger partial charge in [-0.3, -0.25) is 0 Å². The number of aryl methyl sites for hydroxylation is 1. The van der Waals surface area contributed by atoms with Crippen molar-refractivity contribution in [3.05, 3.63) is 10.3 Å². The van der Waals surface area contributed by atoms with Gasteiger partial charge in [-0.1, -0.05) is 5.21 Å². The SMILES string of the molecule is COC(C)CCC(N)c1c(Br)nnn1C. The van der Waals surface area contributed by atoms with Crippen LogP contribution in [0.4, 0.5) is 0 Å². The van der Waals surface area contributed by atoms with E-state index in [1.807, 2.05) is 14.0 Å². The minimum Gasteiger partial charge on any atom is -0.382 e. The van der Waals surface area contributed by atoms with Gasteiger partial charge in [0.15, 0.2) is 4.60 Å². The van der Waals surface area contributed by atoms with Crippen molar-refractivity contribution in [2.45, 2.75) is 31.9 Å². The normalized spacial score (nSPS) is 15.3. The van der Waals surface area contributed by atoms with E-state index < -0.39 is 0 Å². The van der Waals surface area contributed by atoms with Crippen molar-refractivity contribution in [1.29, 1.82) is 0 Å². The summed E-state index contributed by atoms with van der Waals surface area (Å²) in [6.45, 7) is 2.03. The van der Waals surface area contributed by atoms with Gasteiger partial charge in [-0.15, -0.1) is 5.10 Å². The van der Waals surface area contributed by atoms with Gasteiger partial charge in [0.2, 0.25) is 0 Å². The topological polar surface area (TPSA) is 66.0 Å².